The van der Waals surface area contributed by atoms with Crippen molar-refractivity contribution in [3.63, 3.8) is 0 Å². The Morgan fingerprint density at radius 2 is 1.92 bits per heavy atom. The van der Waals surface area contributed by atoms with Gasteiger partial charge in [-0.1, -0.05) is 30.3 Å². The van der Waals surface area contributed by atoms with Gasteiger partial charge in [0.2, 0.25) is 0 Å². The number of para-hydroxylation sites is 1. The van der Waals surface area contributed by atoms with E-state index in [0.29, 0.717) is 5.69 Å². The molecule has 0 atom stereocenters. The zero-order valence-corrected chi connectivity index (χ0v) is 14.6. The van der Waals surface area contributed by atoms with Gasteiger partial charge >= 0.3 is 5.97 Å². The van der Waals surface area contributed by atoms with E-state index in [9.17, 15) is 4.79 Å². The number of esters is 1. The van der Waals surface area contributed by atoms with E-state index in [0.717, 1.165) is 33.8 Å². The van der Waals surface area contributed by atoms with Gasteiger partial charge in [0.1, 0.15) is 0 Å². The standard InChI is InChI=1S/C20H21N3O2/c1-13-7-6-8-15(11-13)23-20(16-9-4-5-10-18(16)21)17(14(2)22-23)12-19(24)25-3/h4-11H,12,21H2,1-3H3. The van der Waals surface area contributed by atoms with Crippen molar-refractivity contribution in [2.75, 3.05) is 12.8 Å². The third kappa shape index (κ3) is 3.26. The first-order chi connectivity index (χ1) is 12.0. The van der Waals surface area contributed by atoms with Crippen molar-refractivity contribution in [3.8, 4) is 16.9 Å². The summed E-state index contributed by atoms with van der Waals surface area (Å²) in [4.78, 5) is 11.9. The highest BCUT2D eigenvalue weighted by molar-refractivity contribution is 5.82. The van der Waals surface area contributed by atoms with E-state index < -0.39 is 0 Å². The number of anilines is 1. The second kappa shape index (κ2) is 6.81. The Kier molecular flexibility index (Phi) is 4.57. The molecule has 0 aliphatic rings. The minimum Gasteiger partial charge on any atom is -0.469 e. The summed E-state index contributed by atoms with van der Waals surface area (Å²) >= 11 is 0. The van der Waals surface area contributed by atoms with Crippen LogP contribution in [0.25, 0.3) is 16.9 Å². The lowest BCUT2D eigenvalue weighted by molar-refractivity contribution is -0.139. The number of carbonyl (C=O) groups is 1. The van der Waals surface area contributed by atoms with Gasteiger partial charge in [-0.25, -0.2) is 4.68 Å². The maximum absolute atomic E-state index is 11.9. The van der Waals surface area contributed by atoms with Crippen LogP contribution in [0.5, 0.6) is 0 Å². The Labute approximate surface area is 147 Å². The summed E-state index contributed by atoms with van der Waals surface area (Å²) in [5.74, 6) is -0.303. The van der Waals surface area contributed by atoms with Crippen LogP contribution in [0, 0.1) is 13.8 Å². The molecule has 0 radical (unpaired) electrons. The van der Waals surface area contributed by atoms with Crippen LogP contribution in [-0.4, -0.2) is 22.9 Å². The zero-order valence-electron chi connectivity index (χ0n) is 14.6. The summed E-state index contributed by atoms with van der Waals surface area (Å²) in [7, 11) is 1.39. The van der Waals surface area contributed by atoms with E-state index in [1.54, 1.807) is 0 Å². The molecule has 0 saturated carbocycles. The molecule has 3 rings (SSSR count). The maximum Gasteiger partial charge on any atom is 0.310 e. The van der Waals surface area contributed by atoms with Gasteiger partial charge < -0.3 is 10.5 Å². The van der Waals surface area contributed by atoms with Crippen LogP contribution in [0.4, 0.5) is 5.69 Å². The van der Waals surface area contributed by atoms with Crippen molar-refractivity contribution in [2.24, 2.45) is 0 Å². The third-order valence-corrected chi connectivity index (χ3v) is 4.20. The number of hydrogen-bond donors (Lipinski definition) is 1. The average molecular weight is 335 g/mol. The van der Waals surface area contributed by atoms with Crippen LogP contribution in [0.3, 0.4) is 0 Å². The number of aryl methyl sites for hydroxylation is 2. The first-order valence-corrected chi connectivity index (χ1v) is 8.08. The smallest absolute Gasteiger partial charge is 0.310 e. The molecule has 128 valence electrons. The molecule has 1 aromatic heterocycles. The van der Waals surface area contributed by atoms with Crippen LogP contribution in [0.2, 0.25) is 0 Å². The molecule has 0 fully saturated rings. The summed E-state index contributed by atoms with van der Waals surface area (Å²) in [5, 5.41) is 4.68. The number of rotatable bonds is 4. The van der Waals surface area contributed by atoms with Crippen LogP contribution in [0.1, 0.15) is 16.8 Å². The van der Waals surface area contributed by atoms with Gasteiger partial charge in [-0.15, -0.1) is 0 Å². The van der Waals surface area contributed by atoms with Gasteiger partial charge in [0.05, 0.1) is 30.6 Å². The molecule has 0 amide bonds. The number of carbonyl (C=O) groups excluding carboxylic acids is 1. The molecule has 1 heterocycles. The Balaban J connectivity index is 2.27. The van der Waals surface area contributed by atoms with E-state index in [4.69, 9.17) is 10.5 Å². The Morgan fingerprint density at radius 1 is 1.16 bits per heavy atom. The van der Waals surface area contributed by atoms with E-state index in [-0.39, 0.29) is 12.4 Å². The minimum atomic E-state index is -0.303. The minimum absolute atomic E-state index is 0.151. The third-order valence-electron chi connectivity index (χ3n) is 4.20. The summed E-state index contributed by atoms with van der Waals surface area (Å²) < 4.78 is 6.71. The first-order valence-electron chi connectivity index (χ1n) is 8.08. The van der Waals surface area contributed by atoms with Crippen molar-refractivity contribution in [1.29, 1.82) is 0 Å². The molecule has 0 aliphatic carbocycles. The predicted octanol–water partition coefficient (Wildman–Crippen LogP) is 3.45. The van der Waals surface area contributed by atoms with Crippen LogP contribution in [0.15, 0.2) is 48.5 Å². The highest BCUT2D eigenvalue weighted by atomic mass is 16.5. The van der Waals surface area contributed by atoms with Gasteiger partial charge in [-0.05, 0) is 37.6 Å². The van der Waals surface area contributed by atoms with Crippen LogP contribution < -0.4 is 5.73 Å². The van der Waals surface area contributed by atoms with Gasteiger partial charge in [-0.3, -0.25) is 4.79 Å². The quantitative estimate of drug-likeness (QED) is 0.585. The van der Waals surface area contributed by atoms with Gasteiger partial charge in [0.25, 0.3) is 0 Å². The summed E-state index contributed by atoms with van der Waals surface area (Å²) in [6, 6.07) is 15.7. The predicted molar refractivity (Wildman–Crippen MR) is 98.6 cm³/mol. The lowest BCUT2D eigenvalue weighted by Crippen LogP contribution is -2.07. The molecule has 0 spiro atoms. The highest BCUT2D eigenvalue weighted by Gasteiger charge is 2.22. The molecule has 3 aromatic rings. The van der Waals surface area contributed by atoms with Crippen molar-refractivity contribution < 1.29 is 9.53 Å². The molecular formula is C20H21N3O2. The summed E-state index contributed by atoms with van der Waals surface area (Å²) in [6.45, 7) is 3.93. The number of ether oxygens (including phenoxy) is 1. The molecule has 0 saturated heterocycles. The molecule has 25 heavy (non-hydrogen) atoms. The second-order valence-corrected chi connectivity index (χ2v) is 6.00. The molecule has 0 aliphatic heterocycles. The zero-order chi connectivity index (χ0) is 18.0. The highest BCUT2D eigenvalue weighted by Crippen LogP contribution is 2.33. The summed E-state index contributed by atoms with van der Waals surface area (Å²) in [5.41, 5.74) is 12.2. The van der Waals surface area contributed by atoms with E-state index >= 15 is 0 Å². The monoisotopic (exact) mass is 335 g/mol. The molecule has 5 heteroatoms. The van der Waals surface area contributed by atoms with E-state index in [1.165, 1.54) is 7.11 Å². The molecule has 2 N–H and O–H groups in total. The lowest BCUT2D eigenvalue weighted by atomic mass is 10.0. The number of nitrogens with zero attached hydrogens (tertiary/aromatic N) is 2. The van der Waals surface area contributed by atoms with Gasteiger partial charge in [0.15, 0.2) is 0 Å². The second-order valence-electron chi connectivity index (χ2n) is 6.00. The fourth-order valence-electron chi connectivity index (χ4n) is 2.92. The van der Waals surface area contributed by atoms with Crippen LogP contribution >= 0.6 is 0 Å². The summed E-state index contributed by atoms with van der Waals surface area (Å²) in [6.07, 6.45) is 0.151. The number of methoxy groups -OCH3 is 1. The average Bonchev–Trinajstić information content (AvgIpc) is 2.92. The number of benzene rings is 2. The Hall–Kier alpha value is -3.08. The van der Waals surface area contributed by atoms with Gasteiger partial charge in [0, 0.05) is 16.8 Å². The number of nitrogen functional groups attached to an aromatic ring is 1. The molecule has 5 nitrogen and oxygen atoms in total. The largest absolute Gasteiger partial charge is 0.469 e. The van der Waals surface area contributed by atoms with E-state index in [2.05, 4.69) is 11.2 Å². The lowest BCUT2D eigenvalue weighted by Gasteiger charge is -2.12. The first kappa shape index (κ1) is 16.8. The fraction of sp³-hybridized carbons (Fsp3) is 0.200. The van der Waals surface area contributed by atoms with Crippen molar-refractivity contribution in [2.45, 2.75) is 20.3 Å². The molecule has 0 bridgehead atoms. The maximum atomic E-state index is 11.9. The fourth-order valence-corrected chi connectivity index (χ4v) is 2.92. The van der Waals surface area contributed by atoms with Crippen molar-refractivity contribution >= 4 is 11.7 Å². The Morgan fingerprint density at radius 3 is 2.60 bits per heavy atom. The molecule has 2 aromatic carbocycles. The number of nitrogens with two attached hydrogens (primary N) is 1. The number of hydrogen-bond acceptors (Lipinski definition) is 4. The SMILES string of the molecule is COC(=O)Cc1c(C)nn(-c2cccc(C)c2)c1-c1ccccc1N. The number of aromatic nitrogens is 2. The molecular weight excluding hydrogens is 314 g/mol. The van der Waals surface area contributed by atoms with Crippen molar-refractivity contribution in [3.05, 3.63) is 65.4 Å². The topological polar surface area (TPSA) is 70.1 Å². The molecule has 0 unspecified atom stereocenters. The van der Waals surface area contributed by atoms with E-state index in [1.807, 2.05) is 61.0 Å². The Bertz CT molecular complexity index is 928. The normalized spacial score (nSPS) is 10.7. The van der Waals surface area contributed by atoms with Crippen LogP contribution in [-0.2, 0) is 16.0 Å². The van der Waals surface area contributed by atoms with Gasteiger partial charge in [-0.2, -0.15) is 5.10 Å². The van der Waals surface area contributed by atoms with Crippen molar-refractivity contribution in [1.82, 2.24) is 9.78 Å².